The quantitative estimate of drug-likeness (QED) is 0.585. The number of nitrogens with two attached hydrogens (primary N) is 1. The van der Waals surface area contributed by atoms with Crippen LogP contribution in [0.2, 0.25) is 0 Å². The third-order valence-corrected chi connectivity index (χ3v) is 2.22. The lowest BCUT2D eigenvalue weighted by atomic mass is 10.1. The summed E-state index contributed by atoms with van der Waals surface area (Å²) >= 11 is 0. The van der Waals surface area contributed by atoms with Crippen molar-refractivity contribution in [3.8, 4) is 5.75 Å². The summed E-state index contributed by atoms with van der Waals surface area (Å²) in [5.74, 6) is -0.353. The van der Waals surface area contributed by atoms with Crippen molar-refractivity contribution in [2.75, 3.05) is 0 Å². The van der Waals surface area contributed by atoms with Crippen LogP contribution in [-0.2, 0) is 4.79 Å². The summed E-state index contributed by atoms with van der Waals surface area (Å²) in [7, 11) is 0. The molecule has 4 nitrogen and oxygen atoms in total. The van der Waals surface area contributed by atoms with Crippen LogP contribution in [0.4, 0.5) is 0 Å². The van der Waals surface area contributed by atoms with Gasteiger partial charge in [-0.3, -0.25) is 0 Å². The highest BCUT2D eigenvalue weighted by atomic mass is 16.5. The van der Waals surface area contributed by atoms with E-state index in [-0.39, 0.29) is 11.6 Å². The molecule has 1 rings (SSSR count). The molecule has 1 aromatic rings. The number of hydrogen-bond acceptors (Lipinski definition) is 3. The summed E-state index contributed by atoms with van der Waals surface area (Å²) < 4.78 is 5.28. The Hall–Kier alpha value is -1.81. The SMILES string of the molecule is CC(N)CCC(=COc1ccccc1)C(=O)O. The van der Waals surface area contributed by atoms with Crippen molar-refractivity contribution in [1.82, 2.24) is 0 Å². The summed E-state index contributed by atoms with van der Waals surface area (Å²) in [6, 6.07) is 9.03. The first-order valence-electron chi connectivity index (χ1n) is 5.49. The standard InChI is InChI=1S/C13H17NO3/c1-10(14)7-8-11(13(15)16)9-17-12-5-3-2-4-6-12/h2-6,9-10H,7-8,14H2,1H3,(H,15,16). The number of carboxylic acid groups (broad SMARTS) is 1. The Morgan fingerprint density at radius 3 is 2.65 bits per heavy atom. The molecule has 0 heterocycles. The van der Waals surface area contributed by atoms with Gasteiger partial charge in [-0.2, -0.15) is 0 Å². The van der Waals surface area contributed by atoms with Crippen LogP contribution >= 0.6 is 0 Å². The molecule has 0 saturated heterocycles. The second kappa shape index (κ2) is 6.70. The summed E-state index contributed by atoms with van der Waals surface area (Å²) in [5, 5.41) is 8.98. The summed E-state index contributed by atoms with van der Waals surface area (Å²) in [5.41, 5.74) is 5.82. The van der Waals surface area contributed by atoms with Crippen molar-refractivity contribution in [2.45, 2.75) is 25.8 Å². The molecule has 0 saturated carbocycles. The van der Waals surface area contributed by atoms with Crippen molar-refractivity contribution in [2.24, 2.45) is 5.73 Å². The monoisotopic (exact) mass is 235 g/mol. The van der Waals surface area contributed by atoms with Gasteiger partial charge in [0, 0.05) is 6.04 Å². The van der Waals surface area contributed by atoms with E-state index in [9.17, 15) is 4.79 Å². The molecule has 4 heteroatoms. The number of rotatable bonds is 6. The Labute approximate surface area is 101 Å². The van der Waals surface area contributed by atoms with Crippen molar-refractivity contribution in [1.29, 1.82) is 0 Å². The number of para-hydroxylation sites is 1. The molecule has 0 bridgehead atoms. The van der Waals surface area contributed by atoms with Crippen LogP contribution in [0.1, 0.15) is 19.8 Å². The van der Waals surface area contributed by atoms with Gasteiger partial charge in [-0.1, -0.05) is 18.2 Å². The first-order chi connectivity index (χ1) is 8.09. The molecule has 0 radical (unpaired) electrons. The summed E-state index contributed by atoms with van der Waals surface area (Å²) in [6.07, 6.45) is 2.30. The van der Waals surface area contributed by atoms with Crippen LogP contribution in [0.3, 0.4) is 0 Å². The number of benzene rings is 1. The molecule has 1 unspecified atom stereocenters. The Kier molecular flexibility index (Phi) is 5.23. The van der Waals surface area contributed by atoms with Crippen LogP contribution in [0.5, 0.6) is 5.75 Å². The van der Waals surface area contributed by atoms with E-state index < -0.39 is 5.97 Å². The van der Waals surface area contributed by atoms with Gasteiger partial charge in [-0.25, -0.2) is 4.79 Å². The predicted octanol–water partition coefficient (Wildman–Crippen LogP) is 2.16. The van der Waals surface area contributed by atoms with E-state index in [1.807, 2.05) is 25.1 Å². The zero-order valence-corrected chi connectivity index (χ0v) is 9.80. The number of ether oxygens (including phenoxy) is 1. The molecule has 0 aromatic heterocycles. The maximum absolute atomic E-state index is 10.9. The van der Waals surface area contributed by atoms with Gasteiger partial charge in [0.2, 0.25) is 0 Å². The Morgan fingerprint density at radius 2 is 2.12 bits per heavy atom. The smallest absolute Gasteiger partial charge is 0.334 e. The van der Waals surface area contributed by atoms with Crippen molar-refractivity contribution < 1.29 is 14.6 Å². The van der Waals surface area contributed by atoms with Gasteiger partial charge in [-0.05, 0) is 31.9 Å². The molecular weight excluding hydrogens is 218 g/mol. The van der Waals surface area contributed by atoms with E-state index in [1.54, 1.807) is 12.1 Å². The van der Waals surface area contributed by atoms with Crippen LogP contribution in [0.25, 0.3) is 0 Å². The molecular formula is C13H17NO3. The molecule has 0 amide bonds. The number of carboxylic acids is 1. The molecule has 0 aliphatic heterocycles. The normalized spacial score (nSPS) is 13.2. The maximum Gasteiger partial charge on any atom is 0.334 e. The third kappa shape index (κ3) is 5.17. The first-order valence-corrected chi connectivity index (χ1v) is 5.49. The first kappa shape index (κ1) is 13.3. The van der Waals surface area contributed by atoms with Gasteiger partial charge < -0.3 is 15.6 Å². The van der Waals surface area contributed by atoms with Crippen LogP contribution in [-0.4, -0.2) is 17.1 Å². The topological polar surface area (TPSA) is 72.5 Å². The number of carbonyl (C=O) groups is 1. The highest BCUT2D eigenvalue weighted by Gasteiger charge is 2.09. The third-order valence-electron chi connectivity index (χ3n) is 2.22. The van der Waals surface area contributed by atoms with Crippen molar-refractivity contribution >= 4 is 5.97 Å². The second-order valence-electron chi connectivity index (χ2n) is 3.90. The lowest BCUT2D eigenvalue weighted by Crippen LogP contribution is -2.16. The summed E-state index contributed by atoms with van der Waals surface area (Å²) in [4.78, 5) is 10.9. The number of hydrogen-bond donors (Lipinski definition) is 2. The van der Waals surface area contributed by atoms with E-state index >= 15 is 0 Å². The molecule has 0 aliphatic carbocycles. The van der Waals surface area contributed by atoms with Gasteiger partial charge in [0.1, 0.15) is 12.0 Å². The van der Waals surface area contributed by atoms with E-state index in [1.165, 1.54) is 6.26 Å². The van der Waals surface area contributed by atoms with Crippen LogP contribution in [0.15, 0.2) is 42.2 Å². The molecule has 92 valence electrons. The van der Waals surface area contributed by atoms with E-state index in [2.05, 4.69) is 0 Å². The molecule has 1 aromatic carbocycles. The van der Waals surface area contributed by atoms with E-state index in [0.717, 1.165) is 0 Å². The minimum absolute atomic E-state index is 0.0190. The van der Waals surface area contributed by atoms with Crippen LogP contribution in [0, 0.1) is 0 Å². The van der Waals surface area contributed by atoms with Gasteiger partial charge in [0.05, 0.1) is 5.57 Å². The highest BCUT2D eigenvalue weighted by molar-refractivity contribution is 5.86. The summed E-state index contributed by atoms with van der Waals surface area (Å²) in [6.45, 7) is 1.84. The predicted molar refractivity (Wildman–Crippen MR) is 65.7 cm³/mol. The zero-order valence-electron chi connectivity index (χ0n) is 9.80. The largest absolute Gasteiger partial charge is 0.478 e. The van der Waals surface area contributed by atoms with Gasteiger partial charge in [0.25, 0.3) is 0 Å². The maximum atomic E-state index is 10.9. The Bertz CT molecular complexity index is 385. The highest BCUT2D eigenvalue weighted by Crippen LogP contribution is 2.12. The van der Waals surface area contributed by atoms with Gasteiger partial charge in [-0.15, -0.1) is 0 Å². The minimum Gasteiger partial charge on any atom is -0.478 e. The van der Waals surface area contributed by atoms with Gasteiger partial charge in [0.15, 0.2) is 0 Å². The van der Waals surface area contributed by atoms with Gasteiger partial charge >= 0.3 is 5.97 Å². The molecule has 0 spiro atoms. The Balaban J connectivity index is 2.61. The van der Waals surface area contributed by atoms with Crippen molar-refractivity contribution in [3.63, 3.8) is 0 Å². The average Bonchev–Trinajstić information content (AvgIpc) is 2.29. The second-order valence-corrected chi connectivity index (χ2v) is 3.90. The molecule has 0 aliphatic rings. The van der Waals surface area contributed by atoms with E-state index in [0.29, 0.717) is 18.6 Å². The molecule has 3 N–H and O–H groups in total. The fourth-order valence-electron chi connectivity index (χ4n) is 1.24. The number of aliphatic carboxylic acids is 1. The Morgan fingerprint density at radius 1 is 1.47 bits per heavy atom. The van der Waals surface area contributed by atoms with Crippen LogP contribution < -0.4 is 10.5 Å². The molecule has 17 heavy (non-hydrogen) atoms. The fourth-order valence-corrected chi connectivity index (χ4v) is 1.24. The van der Waals surface area contributed by atoms with Crippen molar-refractivity contribution in [3.05, 3.63) is 42.2 Å². The zero-order chi connectivity index (χ0) is 12.7. The minimum atomic E-state index is -0.971. The fraction of sp³-hybridized carbons (Fsp3) is 0.308. The molecule has 1 atom stereocenters. The average molecular weight is 235 g/mol. The molecule has 0 fully saturated rings. The lowest BCUT2D eigenvalue weighted by molar-refractivity contribution is -0.132. The van der Waals surface area contributed by atoms with E-state index in [4.69, 9.17) is 15.6 Å². The lowest BCUT2D eigenvalue weighted by Gasteiger charge is -2.06.